The van der Waals surface area contributed by atoms with Crippen LogP contribution in [0.3, 0.4) is 0 Å². The fourth-order valence-electron chi connectivity index (χ4n) is 11.0. The van der Waals surface area contributed by atoms with Crippen LogP contribution >= 0.6 is 0 Å². The van der Waals surface area contributed by atoms with Crippen molar-refractivity contribution in [2.45, 2.75) is 84.3 Å². The Hall–Kier alpha value is -9.02. The summed E-state index contributed by atoms with van der Waals surface area (Å²) in [5, 5.41) is 7.28. The molecule has 3 heterocycles. The number of hydrogen-bond donors (Lipinski definition) is 7. The van der Waals surface area contributed by atoms with Crippen LogP contribution in [0, 0.1) is 27.7 Å². The number of hydrogen-bond acceptors (Lipinski definition) is 20. The second-order valence-electron chi connectivity index (χ2n) is 23.3. The van der Waals surface area contributed by atoms with Gasteiger partial charge in [0.1, 0.15) is 11.6 Å². The molecule has 26 nitrogen and oxygen atoms in total. The smallest absolute Gasteiger partial charge is 0.353 e. The Morgan fingerprint density at radius 2 is 1.02 bits per heavy atom. The van der Waals surface area contributed by atoms with Crippen molar-refractivity contribution in [1.29, 1.82) is 0 Å². The summed E-state index contributed by atoms with van der Waals surface area (Å²) >= 11 is 0. The lowest BCUT2D eigenvalue weighted by atomic mass is 9.92. The molecule has 0 aliphatic rings. The molecule has 10 rings (SSSR count). The summed E-state index contributed by atoms with van der Waals surface area (Å²) in [6, 6.07) is 35.8. The third-order valence-corrected chi connectivity index (χ3v) is 21.3. The average molecular weight is 1400 g/mol. The number of sulfonamides is 2. The molecule has 0 spiro atoms. The van der Waals surface area contributed by atoms with Crippen molar-refractivity contribution in [3.05, 3.63) is 195 Å². The minimum atomic E-state index is -4.84. The van der Waals surface area contributed by atoms with E-state index in [1.807, 2.05) is 56.3 Å². The number of nitrogens with zero attached hydrogens (tertiary/aromatic N) is 8. The third-order valence-electron chi connectivity index (χ3n) is 15.7. The molecule has 0 amide bonds. The van der Waals surface area contributed by atoms with Crippen molar-refractivity contribution >= 4 is 102 Å². The molecule has 10 aromatic rings. The molecule has 0 atom stereocenters. The summed E-state index contributed by atoms with van der Waals surface area (Å²) in [6.07, 6.45) is 0.941. The summed E-state index contributed by atoms with van der Waals surface area (Å²) in [5.74, 6) is 0.754. The molecular formula is C65H69N12O14S5+. The highest BCUT2D eigenvalue weighted by Crippen LogP contribution is 2.41. The molecular weight excluding hydrogens is 1330 g/mol. The van der Waals surface area contributed by atoms with E-state index in [1.54, 1.807) is 80.5 Å². The van der Waals surface area contributed by atoms with Gasteiger partial charge in [0.05, 0.1) is 35.2 Å². The Bertz CT molecular complexity index is 5250. The van der Waals surface area contributed by atoms with Gasteiger partial charge < -0.3 is 20.4 Å². The van der Waals surface area contributed by atoms with Crippen LogP contribution in [0.1, 0.15) is 68.1 Å². The highest BCUT2D eigenvalue weighted by Gasteiger charge is 2.29. The highest BCUT2D eigenvalue weighted by atomic mass is 32.2. The van der Waals surface area contributed by atoms with E-state index in [1.165, 1.54) is 23.8 Å². The predicted octanol–water partition coefficient (Wildman–Crippen LogP) is 8.83. The van der Waals surface area contributed by atoms with Gasteiger partial charge in [-0.05, 0) is 164 Å². The van der Waals surface area contributed by atoms with E-state index in [-0.39, 0.29) is 100 Å². The van der Waals surface area contributed by atoms with Crippen LogP contribution in [0.25, 0.3) is 33.1 Å². The number of fused-ring (bicyclic) bond motifs is 2. The quantitative estimate of drug-likeness (QED) is 0.0115. The van der Waals surface area contributed by atoms with Crippen molar-refractivity contribution < 1.29 is 60.2 Å². The number of rotatable bonds is 26. The minimum Gasteiger partial charge on any atom is -0.353 e. The van der Waals surface area contributed by atoms with Crippen molar-refractivity contribution in [3.63, 3.8) is 0 Å². The molecule has 0 unspecified atom stereocenters. The highest BCUT2D eigenvalue weighted by molar-refractivity contribution is 7.90. The molecule has 0 bridgehead atoms. The lowest BCUT2D eigenvalue weighted by molar-refractivity contribution is 0.477. The molecule has 96 heavy (non-hydrogen) atoms. The zero-order valence-corrected chi connectivity index (χ0v) is 57.4. The van der Waals surface area contributed by atoms with Gasteiger partial charge in [0.25, 0.3) is 30.4 Å². The van der Waals surface area contributed by atoms with Crippen LogP contribution in [-0.4, -0.2) is 133 Å². The first kappa shape index (κ1) is 69.8. The molecule has 0 saturated carbocycles. The van der Waals surface area contributed by atoms with E-state index >= 15 is 0 Å². The van der Waals surface area contributed by atoms with E-state index in [4.69, 9.17) is 4.42 Å². The van der Waals surface area contributed by atoms with Gasteiger partial charge in [-0.2, -0.15) is 50.2 Å². The van der Waals surface area contributed by atoms with Crippen LogP contribution in [0.4, 0.5) is 29.5 Å². The Morgan fingerprint density at radius 1 is 0.458 bits per heavy atom. The summed E-state index contributed by atoms with van der Waals surface area (Å²) in [6.45, 7) is 7.69. The van der Waals surface area contributed by atoms with Crippen molar-refractivity contribution in [2.24, 2.45) is 0 Å². The second-order valence-corrected chi connectivity index (χ2v) is 31.0. The first-order chi connectivity index (χ1) is 45.2. The van der Waals surface area contributed by atoms with E-state index in [2.05, 4.69) is 76.0 Å². The molecule has 0 aliphatic carbocycles. The van der Waals surface area contributed by atoms with Crippen LogP contribution in [0.5, 0.6) is 0 Å². The van der Waals surface area contributed by atoms with Gasteiger partial charge in [0.2, 0.25) is 43.8 Å². The maximum Gasteiger partial charge on any atom is 0.361 e. The number of nitrogens with one attached hydrogen (secondary N) is 4. The lowest BCUT2D eigenvalue weighted by Crippen LogP contribution is -2.29. The minimum absolute atomic E-state index is 0.00513. The van der Waals surface area contributed by atoms with E-state index in [9.17, 15) is 55.7 Å². The fourth-order valence-corrected chi connectivity index (χ4v) is 15.2. The molecule has 0 radical (unpaired) electrons. The zero-order valence-electron chi connectivity index (χ0n) is 53.3. The standard InChI is InChI=1S/C65H68N12O14S5/c1-39-14-11-15-40(2)53(39)32-43-21-24-50-55(34-43)91-56-35-44(22-25-51(56)61(50)52-18-9-10-19-58(52)93(80,81)68-29-28-66-62-73-63(75-65(74-62)77(7)8)69-46-16-12-17-47(38-46)94(82,83)84)33-54-41(3)30-49(31-42(54)4)92(78,79)67-27-13-20-59-70-60(72-64(71-59)76(5)6)37-45-36-48(95(85,86)87)23-26-57(45)96(88,89)90/h9-12,14-19,21-26,30-31,34-36,38,67-68H,13,20,27-29,32-33,37H2,1-8H3,(H4-,66,69,73,74,75,82,83,84,85,86,87,88,89,90)/p+1. The Morgan fingerprint density at radius 3 is 1.64 bits per heavy atom. The number of benzene rings is 7. The van der Waals surface area contributed by atoms with Gasteiger partial charge >= 0.3 is 11.2 Å². The average Bonchev–Trinajstić information content (AvgIpc) is 0.744. The van der Waals surface area contributed by atoms with Crippen LogP contribution < -0.4 is 29.9 Å². The summed E-state index contributed by atoms with van der Waals surface area (Å²) in [7, 11) is -15.7. The molecule has 0 aliphatic heterocycles. The first-order valence-corrected chi connectivity index (χ1v) is 37.1. The molecule has 3 aromatic heterocycles. The topological polar surface area (TPSA) is 375 Å². The van der Waals surface area contributed by atoms with Crippen LogP contribution in [0.15, 0.2) is 162 Å². The van der Waals surface area contributed by atoms with Crippen molar-refractivity contribution in [2.75, 3.05) is 68.3 Å². The van der Waals surface area contributed by atoms with Gasteiger partial charge in [0, 0.05) is 89.6 Å². The monoisotopic (exact) mass is 1400 g/mol. The predicted molar refractivity (Wildman–Crippen MR) is 365 cm³/mol. The SMILES string of the molecule is Cc1cccc(C)c1Cc1ccc2c(-c3ccccc3S(=O)(=O)NCCNc3nc(Nc4cccc(S(=O)(=O)O)c4)nc(N(C)C)n3)c3ccc(Cc4c(C)cc(S(=O)(=O)NCCCc5nc(Cc6cc(S(=O)(=O)O)ccc6S(=O)(=O)O)nc(N(C)C)n5)cc4C)cc3[o+]c2c1. The fraction of sp³-hybridized carbons (Fsp3) is 0.246. The van der Waals surface area contributed by atoms with Gasteiger partial charge in [0.15, 0.2) is 0 Å². The molecule has 7 N–H and O–H groups in total. The number of aryl methyl sites for hydroxylation is 5. The third kappa shape index (κ3) is 16.4. The van der Waals surface area contributed by atoms with E-state index < -0.39 is 60.2 Å². The normalized spacial score (nSPS) is 12.3. The van der Waals surface area contributed by atoms with Gasteiger partial charge in [-0.1, -0.05) is 54.6 Å². The largest absolute Gasteiger partial charge is 0.361 e. The Labute approximate surface area is 556 Å². The first-order valence-electron chi connectivity index (χ1n) is 29.8. The van der Waals surface area contributed by atoms with Crippen molar-refractivity contribution in [3.8, 4) is 11.1 Å². The summed E-state index contributed by atoms with van der Waals surface area (Å²) < 4.78 is 171. The number of aromatic nitrogens is 6. The molecule has 0 saturated heterocycles. The Balaban J connectivity index is 0.889. The molecule has 502 valence electrons. The maximum atomic E-state index is 14.6. The van der Waals surface area contributed by atoms with Crippen LogP contribution in [0.2, 0.25) is 0 Å². The summed E-state index contributed by atoms with van der Waals surface area (Å²) in [4.78, 5) is 28.2. The zero-order chi connectivity index (χ0) is 69.2. The van der Waals surface area contributed by atoms with Crippen molar-refractivity contribution in [1.82, 2.24) is 39.3 Å². The van der Waals surface area contributed by atoms with Crippen LogP contribution in [-0.2, 0) is 76.1 Å². The second kappa shape index (κ2) is 28.0. The molecule has 7 aromatic carbocycles. The molecule has 0 fully saturated rings. The van der Waals surface area contributed by atoms with E-state index in [0.29, 0.717) is 57.0 Å². The number of anilines is 5. The molecule has 31 heteroatoms. The van der Waals surface area contributed by atoms with Gasteiger partial charge in [-0.15, -0.1) is 0 Å². The van der Waals surface area contributed by atoms with Gasteiger partial charge in [-0.25, -0.2) is 35.7 Å². The van der Waals surface area contributed by atoms with E-state index in [0.717, 1.165) is 46.0 Å². The summed E-state index contributed by atoms with van der Waals surface area (Å²) in [5.41, 5.74) is 9.60. The van der Waals surface area contributed by atoms with Gasteiger partial charge in [-0.3, -0.25) is 13.7 Å². The Kier molecular flexibility index (Phi) is 20.3. The maximum absolute atomic E-state index is 14.6. The lowest BCUT2D eigenvalue weighted by Gasteiger charge is -2.16.